The standard InChI is InChI=1S/C14H19N3O.ClH/c15-12-3-1-11(2-4-12)14(18)17-9-7-16(8-10-17)13-5-6-13;/h1-4,13H,5-10,15H2;1H. The maximum absolute atomic E-state index is 12.3. The fourth-order valence-corrected chi connectivity index (χ4v) is 2.54. The van der Waals surface area contributed by atoms with Crippen molar-refractivity contribution in [3.05, 3.63) is 29.8 Å². The maximum atomic E-state index is 12.3. The molecule has 4 nitrogen and oxygen atoms in total. The highest BCUT2D eigenvalue weighted by Gasteiger charge is 2.32. The van der Waals surface area contributed by atoms with Crippen LogP contribution in [-0.2, 0) is 0 Å². The van der Waals surface area contributed by atoms with Crippen LogP contribution in [0.1, 0.15) is 23.2 Å². The van der Waals surface area contributed by atoms with E-state index in [1.165, 1.54) is 12.8 Å². The highest BCUT2D eigenvalue weighted by atomic mass is 35.5. The molecule has 19 heavy (non-hydrogen) atoms. The molecule has 0 unspecified atom stereocenters. The third-order valence-corrected chi connectivity index (χ3v) is 3.82. The third kappa shape index (κ3) is 3.19. The van der Waals surface area contributed by atoms with Gasteiger partial charge in [-0.15, -0.1) is 12.4 Å². The Morgan fingerprint density at radius 3 is 2.16 bits per heavy atom. The summed E-state index contributed by atoms with van der Waals surface area (Å²) in [7, 11) is 0. The smallest absolute Gasteiger partial charge is 0.253 e. The van der Waals surface area contributed by atoms with Gasteiger partial charge in [0.15, 0.2) is 0 Å². The van der Waals surface area contributed by atoms with E-state index in [1.807, 2.05) is 17.0 Å². The molecule has 0 radical (unpaired) electrons. The number of nitrogen functional groups attached to an aromatic ring is 1. The number of halogens is 1. The Hall–Kier alpha value is -1.26. The molecule has 2 N–H and O–H groups in total. The summed E-state index contributed by atoms with van der Waals surface area (Å²) in [6.45, 7) is 3.73. The molecule has 5 heteroatoms. The van der Waals surface area contributed by atoms with E-state index < -0.39 is 0 Å². The Labute approximate surface area is 120 Å². The summed E-state index contributed by atoms with van der Waals surface area (Å²) in [6, 6.07) is 8.00. The van der Waals surface area contributed by atoms with Gasteiger partial charge < -0.3 is 10.6 Å². The van der Waals surface area contributed by atoms with Gasteiger partial charge in [0.25, 0.3) is 5.91 Å². The molecule has 1 saturated heterocycles. The number of anilines is 1. The van der Waals surface area contributed by atoms with Gasteiger partial charge in [0.1, 0.15) is 0 Å². The maximum Gasteiger partial charge on any atom is 0.253 e. The second-order valence-electron chi connectivity index (χ2n) is 5.18. The Morgan fingerprint density at radius 2 is 1.63 bits per heavy atom. The van der Waals surface area contributed by atoms with Crippen LogP contribution in [0.4, 0.5) is 5.69 Å². The molecule has 2 fully saturated rings. The number of carbonyl (C=O) groups excluding carboxylic acids is 1. The number of rotatable bonds is 2. The van der Waals surface area contributed by atoms with Crippen molar-refractivity contribution in [2.45, 2.75) is 18.9 Å². The lowest BCUT2D eigenvalue weighted by Crippen LogP contribution is -2.49. The van der Waals surface area contributed by atoms with Crippen molar-refractivity contribution in [3.63, 3.8) is 0 Å². The number of amides is 1. The van der Waals surface area contributed by atoms with Crippen molar-refractivity contribution in [2.24, 2.45) is 0 Å². The number of benzene rings is 1. The van der Waals surface area contributed by atoms with Crippen molar-refractivity contribution in [3.8, 4) is 0 Å². The van der Waals surface area contributed by atoms with Crippen molar-refractivity contribution in [1.82, 2.24) is 9.80 Å². The minimum atomic E-state index is 0. The number of piperazine rings is 1. The third-order valence-electron chi connectivity index (χ3n) is 3.82. The van der Waals surface area contributed by atoms with Gasteiger partial charge in [0.2, 0.25) is 0 Å². The molecule has 0 aromatic heterocycles. The molecule has 104 valence electrons. The van der Waals surface area contributed by atoms with Crippen LogP contribution in [0, 0.1) is 0 Å². The highest BCUT2D eigenvalue weighted by Crippen LogP contribution is 2.27. The molecule has 0 spiro atoms. The van der Waals surface area contributed by atoms with E-state index in [1.54, 1.807) is 12.1 Å². The summed E-state index contributed by atoms with van der Waals surface area (Å²) in [5.41, 5.74) is 7.07. The van der Waals surface area contributed by atoms with E-state index in [0.717, 1.165) is 37.8 Å². The summed E-state index contributed by atoms with van der Waals surface area (Å²) in [6.07, 6.45) is 2.68. The van der Waals surface area contributed by atoms with Crippen molar-refractivity contribution >= 4 is 24.0 Å². The zero-order valence-electron chi connectivity index (χ0n) is 10.9. The van der Waals surface area contributed by atoms with Gasteiger partial charge in [-0.2, -0.15) is 0 Å². The monoisotopic (exact) mass is 281 g/mol. The van der Waals surface area contributed by atoms with Crippen molar-refractivity contribution in [2.75, 3.05) is 31.9 Å². The van der Waals surface area contributed by atoms with Crippen LogP contribution in [0.2, 0.25) is 0 Å². The molecule has 1 aromatic rings. The predicted octanol–water partition coefficient (Wildman–Crippen LogP) is 1.61. The highest BCUT2D eigenvalue weighted by molar-refractivity contribution is 5.94. The number of hydrogen-bond acceptors (Lipinski definition) is 3. The van der Waals surface area contributed by atoms with Gasteiger partial charge in [0.05, 0.1) is 0 Å². The summed E-state index contributed by atoms with van der Waals surface area (Å²) < 4.78 is 0. The summed E-state index contributed by atoms with van der Waals surface area (Å²) in [5, 5.41) is 0. The number of nitrogens with two attached hydrogens (primary N) is 1. The average molecular weight is 282 g/mol. The average Bonchev–Trinajstić information content (AvgIpc) is 3.23. The van der Waals surface area contributed by atoms with E-state index in [-0.39, 0.29) is 18.3 Å². The minimum Gasteiger partial charge on any atom is -0.399 e. The second-order valence-corrected chi connectivity index (χ2v) is 5.18. The molecule has 0 bridgehead atoms. The Morgan fingerprint density at radius 1 is 1.05 bits per heavy atom. The Bertz CT molecular complexity index is 437. The fraction of sp³-hybridized carbons (Fsp3) is 0.500. The summed E-state index contributed by atoms with van der Waals surface area (Å²) in [4.78, 5) is 16.7. The molecule has 3 rings (SSSR count). The van der Waals surface area contributed by atoms with Crippen LogP contribution in [0.15, 0.2) is 24.3 Å². The fourth-order valence-electron chi connectivity index (χ4n) is 2.54. The van der Waals surface area contributed by atoms with Gasteiger partial charge in [-0.3, -0.25) is 9.69 Å². The van der Waals surface area contributed by atoms with Crippen LogP contribution in [-0.4, -0.2) is 47.9 Å². The number of nitrogens with zero attached hydrogens (tertiary/aromatic N) is 2. The molecule has 1 aliphatic heterocycles. The molecule has 1 amide bonds. The van der Waals surface area contributed by atoms with E-state index in [0.29, 0.717) is 5.69 Å². The van der Waals surface area contributed by atoms with Crippen LogP contribution in [0.5, 0.6) is 0 Å². The topological polar surface area (TPSA) is 49.6 Å². The van der Waals surface area contributed by atoms with E-state index in [9.17, 15) is 4.79 Å². The van der Waals surface area contributed by atoms with Crippen molar-refractivity contribution < 1.29 is 4.79 Å². The van der Waals surface area contributed by atoms with Gasteiger partial charge >= 0.3 is 0 Å². The quantitative estimate of drug-likeness (QED) is 0.838. The first-order valence-corrected chi connectivity index (χ1v) is 6.63. The lowest BCUT2D eigenvalue weighted by atomic mass is 10.1. The van der Waals surface area contributed by atoms with E-state index >= 15 is 0 Å². The SMILES string of the molecule is Cl.Nc1ccc(C(=O)N2CCN(C3CC3)CC2)cc1. The predicted molar refractivity (Wildman–Crippen MR) is 78.6 cm³/mol. The lowest BCUT2D eigenvalue weighted by molar-refractivity contribution is 0.0627. The first-order chi connectivity index (χ1) is 8.74. The first kappa shape index (κ1) is 14.2. The lowest BCUT2D eigenvalue weighted by Gasteiger charge is -2.34. The largest absolute Gasteiger partial charge is 0.399 e. The second kappa shape index (κ2) is 5.80. The molecule has 1 aromatic carbocycles. The number of carbonyl (C=O) groups is 1. The molecular formula is C14H20ClN3O. The molecule has 1 heterocycles. The van der Waals surface area contributed by atoms with Gasteiger partial charge in [-0.25, -0.2) is 0 Å². The summed E-state index contributed by atoms with van der Waals surface area (Å²) >= 11 is 0. The van der Waals surface area contributed by atoms with Gasteiger partial charge in [-0.1, -0.05) is 0 Å². The van der Waals surface area contributed by atoms with Crippen LogP contribution < -0.4 is 5.73 Å². The summed E-state index contributed by atoms with van der Waals surface area (Å²) in [5.74, 6) is 0.130. The Balaban J connectivity index is 0.00000133. The number of hydrogen-bond donors (Lipinski definition) is 1. The van der Waals surface area contributed by atoms with Crippen LogP contribution in [0.3, 0.4) is 0 Å². The van der Waals surface area contributed by atoms with E-state index in [4.69, 9.17) is 5.73 Å². The Kier molecular flexibility index (Phi) is 4.32. The zero-order chi connectivity index (χ0) is 12.5. The normalized spacial score (nSPS) is 19.9. The molecular weight excluding hydrogens is 262 g/mol. The van der Waals surface area contributed by atoms with Gasteiger partial charge in [-0.05, 0) is 37.1 Å². The van der Waals surface area contributed by atoms with Crippen molar-refractivity contribution in [1.29, 1.82) is 0 Å². The molecule has 0 atom stereocenters. The molecule has 2 aliphatic rings. The van der Waals surface area contributed by atoms with E-state index in [2.05, 4.69) is 4.90 Å². The molecule has 1 saturated carbocycles. The minimum absolute atomic E-state index is 0. The van der Waals surface area contributed by atoms with Gasteiger partial charge in [0, 0.05) is 43.5 Å². The first-order valence-electron chi connectivity index (χ1n) is 6.63. The van der Waals surface area contributed by atoms with Crippen LogP contribution in [0.25, 0.3) is 0 Å². The molecule has 1 aliphatic carbocycles. The zero-order valence-corrected chi connectivity index (χ0v) is 11.7. The van der Waals surface area contributed by atoms with Crippen LogP contribution >= 0.6 is 12.4 Å².